The lowest BCUT2D eigenvalue weighted by Crippen LogP contribution is -1.79. The molecule has 0 aromatic heterocycles. The fourth-order valence-electron chi connectivity index (χ4n) is 0.250. The highest BCUT2D eigenvalue weighted by Gasteiger charge is 2.37. The summed E-state index contributed by atoms with van der Waals surface area (Å²) in [7, 11) is -2.67. The van der Waals surface area contributed by atoms with Gasteiger partial charge in [0.2, 0.25) is 0 Å². The van der Waals surface area contributed by atoms with Gasteiger partial charge in [0.25, 0.3) is 0 Å². The smallest absolute Gasteiger partial charge is 0.335 e. The first kappa shape index (κ1) is 15.9. The molecule has 0 saturated carbocycles. The summed E-state index contributed by atoms with van der Waals surface area (Å²) < 4.78 is 20.2. The Hall–Kier alpha value is 1.94. The van der Waals surface area contributed by atoms with Gasteiger partial charge in [0.15, 0.2) is 0 Å². The molecule has 0 aromatic carbocycles. The predicted molar refractivity (Wildman–Crippen MR) is 69.8 cm³/mol. The van der Waals surface area contributed by atoms with Crippen molar-refractivity contribution < 1.29 is 23.0 Å². The molecular formula is C2H8O5P3S4+. The first-order valence-electron chi connectivity index (χ1n) is 2.86. The zero-order valence-corrected chi connectivity index (χ0v) is 13.0. The van der Waals surface area contributed by atoms with Crippen molar-refractivity contribution in [3.8, 4) is 0 Å². The monoisotopic (exact) mass is 333 g/mol. The van der Waals surface area contributed by atoms with E-state index in [1.807, 2.05) is 0 Å². The molecule has 0 spiro atoms. The van der Waals surface area contributed by atoms with E-state index in [4.69, 9.17) is 0 Å². The molecule has 0 aromatic rings. The summed E-state index contributed by atoms with van der Waals surface area (Å²) in [6.45, 7) is 0. The third kappa shape index (κ3) is 7.25. The topological polar surface area (TPSA) is 76.0 Å². The van der Waals surface area contributed by atoms with Crippen LogP contribution in [-0.2, 0) is 36.8 Å². The molecule has 84 valence electrons. The van der Waals surface area contributed by atoms with Gasteiger partial charge >= 0.3 is 19.6 Å². The van der Waals surface area contributed by atoms with E-state index < -0.39 is 19.6 Å². The first-order valence-corrected chi connectivity index (χ1v) is 13.0. The minimum absolute atomic E-state index is 0.874. The molecule has 0 aliphatic heterocycles. The van der Waals surface area contributed by atoms with Crippen molar-refractivity contribution >= 4 is 66.0 Å². The van der Waals surface area contributed by atoms with Gasteiger partial charge < -0.3 is 9.79 Å². The van der Waals surface area contributed by atoms with Crippen molar-refractivity contribution in [1.29, 1.82) is 0 Å². The highest BCUT2D eigenvalue weighted by atomic mass is 32.9. The lowest BCUT2D eigenvalue weighted by atomic mass is 12.0. The summed E-state index contributed by atoms with van der Waals surface area (Å²) in [5.41, 5.74) is -6.27. The minimum Gasteiger partial charge on any atom is -0.335 e. The highest BCUT2D eigenvalue weighted by molar-refractivity contribution is 8.68. The lowest BCUT2D eigenvalue weighted by Gasteiger charge is -2.04. The van der Waals surface area contributed by atoms with Crippen LogP contribution >= 0.6 is 42.4 Å². The molecule has 0 rings (SSSR count). The Morgan fingerprint density at radius 3 is 1.64 bits per heavy atom. The van der Waals surface area contributed by atoms with Crippen LogP contribution in [0.1, 0.15) is 0 Å². The van der Waals surface area contributed by atoms with Crippen molar-refractivity contribution in [2.75, 3.05) is 12.5 Å². The van der Waals surface area contributed by atoms with Crippen molar-refractivity contribution in [2.24, 2.45) is 0 Å². The van der Waals surface area contributed by atoms with E-state index in [2.05, 4.69) is 32.2 Å². The SMILES string of the molecule is CSP(O)(=S)O[P+](=O)OP(O)(=S)SC. The molecule has 5 nitrogen and oxygen atoms in total. The van der Waals surface area contributed by atoms with Crippen LogP contribution in [0.25, 0.3) is 0 Å². The molecule has 2 atom stereocenters. The van der Waals surface area contributed by atoms with Crippen molar-refractivity contribution in [3.05, 3.63) is 0 Å². The van der Waals surface area contributed by atoms with Gasteiger partial charge in [-0.2, -0.15) is 0 Å². The van der Waals surface area contributed by atoms with Gasteiger partial charge in [-0.05, 0) is 36.1 Å². The fraction of sp³-hybridized carbons (Fsp3) is 1.00. The molecule has 0 heterocycles. The molecule has 12 heteroatoms. The van der Waals surface area contributed by atoms with Crippen LogP contribution in [0.5, 0.6) is 0 Å². The standard InChI is InChI=1S/C2H7O5P3S4/c1-13-9(4,11)6-8(3)7-10(5,12)14-2/h1-2H3,(H-,4,5,11,12)/p+1. The first-order chi connectivity index (χ1) is 6.22. The average molecular weight is 333 g/mol. The van der Waals surface area contributed by atoms with E-state index >= 15 is 0 Å². The van der Waals surface area contributed by atoms with Crippen LogP contribution in [0.2, 0.25) is 0 Å². The molecule has 0 radical (unpaired) electrons. The van der Waals surface area contributed by atoms with Gasteiger partial charge in [-0.1, -0.05) is 31.4 Å². The van der Waals surface area contributed by atoms with Gasteiger partial charge in [0.05, 0.1) is 0 Å². The Bertz CT molecular complexity index is 277. The average Bonchev–Trinajstić information content (AvgIpc) is 2.02. The summed E-state index contributed by atoms with van der Waals surface area (Å²) in [5, 5.41) is 0. The second-order valence-corrected chi connectivity index (χ2v) is 15.6. The highest BCUT2D eigenvalue weighted by Crippen LogP contribution is 2.67. The Balaban J connectivity index is 4.26. The molecule has 0 aliphatic carbocycles. The summed E-state index contributed by atoms with van der Waals surface area (Å²) >= 11 is 10.9. The molecule has 2 N–H and O–H groups in total. The van der Waals surface area contributed by atoms with Crippen molar-refractivity contribution in [3.63, 3.8) is 0 Å². The van der Waals surface area contributed by atoms with Gasteiger partial charge in [0.1, 0.15) is 0 Å². The number of rotatable bonds is 6. The molecule has 0 aliphatic rings. The summed E-state index contributed by atoms with van der Waals surface area (Å²) in [4.78, 5) is 18.5. The summed E-state index contributed by atoms with van der Waals surface area (Å²) in [6, 6.07) is 0. The Morgan fingerprint density at radius 2 is 1.43 bits per heavy atom. The maximum absolute atomic E-state index is 11.1. The Kier molecular flexibility index (Phi) is 7.54. The van der Waals surface area contributed by atoms with E-state index in [-0.39, 0.29) is 0 Å². The zero-order valence-electron chi connectivity index (χ0n) is 7.09. The quantitative estimate of drug-likeness (QED) is 0.714. The molecule has 14 heavy (non-hydrogen) atoms. The third-order valence-electron chi connectivity index (χ3n) is 0.801. The second-order valence-electron chi connectivity index (χ2n) is 1.69. The van der Waals surface area contributed by atoms with Crippen LogP contribution in [0.4, 0.5) is 0 Å². The van der Waals surface area contributed by atoms with Crippen LogP contribution in [-0.4, -0.2) is 22.3 Å². The second kappa shape index (κ2) is 6.62. The van der Waals surface area contributed by atoms with Crippen LogP contribution in [0.3, 0.4) is 0 Å². The molecular weight excluding hydrogens is 325 g/mol. The van der Waals surface area contributed by atoms with Gasteiger partial charge in [-0.25, -0.2) is 0 Å². The van der Waals surface area contributed by atoms with E-state index in [1.165, 1.54) is 12.5 Å². The van der Waals surface area contributed by atoms with Crippen LogP contribution < -0.4 is 0 Å². The molecule has 0 amide bonds. The molecule has 2 unspecified atom stereocenters. The molecule has 0 saturated heterocycles. The van der Waals surface area contributed by atoms with Gasteiger partial charge in [0, 0.05) is 4.57 Å². The Morgan fingerprint density at radius 1 is 1.14 bits per heavy atom. The maximum Gasteiger partial charge on any atom is 0.711 e. The van der Waals surface area contributed by atoms with Gasteiger partial charge in [-0.3, -0.25) is 0 Å². The minimum atomic E-state index is -3.13. The van der Waals surface area contributed by atoms with Gasteiger partial charge in [-0.15, -0.1) is 0 Å². The van der Waals surface area contributed by atoms with Crippen molar-refractivity contribution in [2.45, 2.75) is 0 Å². The summed E-state index contributed by atoms with van der Waals surface area (Å²) in [5.74, 6) is 0. The maximum atomic E-state index is 11.1. The van der Waals surface area contributed by atoms with E-state index in [9.17, 15) is 14.4 Å². The number of hydrogen-bond donors (Lipinski definition) is 2. The van der Waals surface area contributed by atoms with E-state index in [0.29, 0.717) is 0 Å². The number of hydrogen-bond acceptors (Lipinski definition) is 7. The van der Waals surface area contributed by atoms with Crippen LogP contribution in [0, 0.1) is 0 Å². The normalized spacial score (nSPS) is 21.0. The Labute approximate surface area is 101 Å². The molecule has 0 bridgehead atoms. The zero-order chi connectivity index (χ0) is 11.4. The fourth-order valence-corrected chi connectivity index (χ4v) is 5.68. The largest absolute Gasteiger partial charge is 0.711 e. The van der Waals surface area contributed by atoms with Crippen LogP contribution in [0.15, 0.2) is 0 Å². The van der Waals surface area contributed by atoms with E-state index in [1.54, 1.807) is 0 Å². The van der Waals surface area contributed by atoms with Crippen molar-refractivity contribution in [1.82, 2.24) is 0 Å². The lowest BCUT2D eigenvalue weighted by molar-refractivity contribution is 0.409. The predicted octanol–water partition coefficient (Wildman–Crippen LogP) is 2.84. The summed E-state index contributed by atoms with van der Waals surface area (Å²) in [6.07, 6.45) is 3.04. The molecule has 0 fully saturated rings. The van der Waals surface area contributed by atoms with E-state index in [0.717, 1.165) is 22.8 Å². The third-order valence-corrected chi connectivity index (χ3v) is 12.3.